The Kier molecular flexibility index (Phi) is 15.5. The molecule has 2 fully saturated rings. The fourth-order valence-electron chi connectivity index (χ4n) is 12.0. The molecule has 0 amide bonds. The second kappa shape index (κ2) is 19.2. The number of hydrogen-bond donors (Lipinski definition) is 1. The lowest BCUT2D eigenvalue weighted by atomic mass is 9.60. The van der Waals surface area contributed by atoms with Gasteiger partial charge in [0.15, 0.2) is 0 Å². The van der Waals surface area contributed by atoms with Crippen LogP contribution in [0.2, 0.25) is 10.1 Å². The van der Waals surface area contributed by atoms with Crippen molar-refractivity contribution in [2.24, 2.45) is 45.3 Å². The number of hydrogen-bond acceptors (Lipinski definition) is 3. The molecule has 0 heterocycles. The first kappa shape index (κ1) is 49.9. The molecule has 0 spiro atoms. The van der Waals surface area contributed by atoms with E-state index in [9.17, 15) is 5.11 Å². The van der Waals surface area contributed by atoms with Gasteiger partial charge in [-0.15, -0.1) is 6.58 Å². The molecule has 5 heteroatoms. The molecule has 6 rings (SSSR count). The van der Waals surface area contributed by atoms with Gasteiger partial charge in [0.1, 0.15) is 0 Å². The molecule has 2 aliphatic carbocycles. The second-order valence-electron chi connectivity index (χ2n) is 22.8. The van der Waals surface area contributed by atoms with Gasteiger partial charge in [-0.2, -0.15) is 0 Å². The minimum absolute atomic E-state index is 0.000146. The standard InChI is InChI=1S/C29H42OSi.C28H42O2Si/c1-9-23(2)29(8)21-20-24(28(29,6)7)22-30-31(27(3,4)5,25-16-12-10-13-17-25)26-18-14-11-15-19-26;1-22(20-29)28(7)19-18-23(27(28,5)6)21-30-31(26(2,3)4,24-14-10-8-11-15-24)25-16-12-9-13-17-25/h9-19,23-24H,1,20-22H2,2-8H3;8-17,22-23,29H,18-21H2,1-7H3/t23-,24-,29+;22-,23-,28+/m00/s1. The number of aliphatic hydroxyl groups excluding tert-OH is 1. The SMILES string of the molecule is C=C[C@H](C)[C@@]1(C)CC[C@@H](CO[Si](c2ccccc2)(c2ccccc2)C(C)(C)C)C1(C)C.C[C@@H](CO)[C@@]1(C)CC[C@@H](CO[Si](c2ccccc2)(c2ccccc2)C(C)(C)C)C1(C)C. The quantitative estimate of drug-likeness (QED) is 0.101. The van der Waals surface area contributed by atoms with E-state index in [1.807, 2.05) is 0 Å². The van der Waals surface area contributed by atoms with Crippen LogP contribution in [0.4, 0.5) is 0 Å². The summed E-state index contributed by atoms with van der Waals surface area (Å²) < 4.78 is 14.6. The highest BCUT2D eigenvalue weighted by atomic mass is 28.4. The van der Waals surface area contributed by atoms with E-state index in [4.69, 9.17) is 8.85 Å². The molecule has 0 bridgehead atoms. The largest absolute Gasteiger partial charge is 0.407 e. The van der Waals surface area contributed by atoms with Crippen molar-refractivity contribution in [1.82, 2.24) is 0 Å². The molecule has 0 aliphatic heterocycles. The van der Waals surface area contributed by atoms with Crippen molar-refractivity contribution in [3.05, 3.63) is 134 Å². The van der Waals surface area contributed by atoms with Gasteiger partial charge in [0.25, 0.3) is 16.6 Å². The predicted molar refractivity (Wildman–Crippen MR) is 272 cm³/mol. The molecule has 0 aromatic heterocycles. The molecule has 2 aliphatic rings. The summed E-state index contributed by atoms with van der Waals surface area (Å²) in [7, 11) is -4.99. The molecule has 0 radical (unpaired) electrons. The maximum Gasteiger partial charge on any atom is 0.261 e. The summed E-state index contributed by atoms with van der Waals surface area (Å²) in [4.78, 5) is 0. The van der Waals surface area contributed by atoms with E-state index in [0.29, 0.717) is 23.7 Å². The van der Waals surface area contributed by atoms with E-state index in [0.717, 1.165) is 26.1 Å². The molecule has 4 aromatic rings. The summed E-state index contributed by atoms with van der Waals surface area (Å²) >= 11 is 0. The zero-order chi connectivity index (χ0) is 45.8. The third-order valence-corrected chi connectivity index (χ3v) is 27.6. The van der Waals surface area contributed by atoms with Crippen LogP contribution in [0.5, 0.6) is 0 Å². The van der Waals surface area contributed by atoms with Crippen molar-refractivity contribution in [3.63, 3.8) is 0 Å². The molecule has 0 unspecified atom stereocenters. The van der Waals surface area contributed by atoms with Crippen molar-refractivity contribution < 1.29 is 14.0 Å². The van der Waals surface area contributed by atoms with Gasteiger partial charge in [0.05, 0.1) is 0 Å². The van der Waals surface area contributed by atoms with Gasteiger partial charge in [0, 0.05) is 19.8 Å². The normalized spacial score (nSPS) is 24.8. The zero-order valence-corrected chi connectivity index (χ0v) is 43.4. The maximum atomic E-state index is 9.92. The van der Waals surface area contributed by atoms with E-state index in [2.05, 4.69) is 231 Å². The first-order valence-electron chi connectivity index (χ1n) is 23.7. The fraction of sp³-hybridized carbons (Fsp3) is 0.544. The topological polar surface area (TPSA) is 38.7 Å². The van der Waals surface area contributed by atoms with Crippen LogP contribution in [0.15, 0.2) is 134 Å². The summed E-state index contributed by atoms with van der Waals surface area (Å²) in [6.45, 7) is 39.2. The highest BCUT2D eigenvalue weighted by Gasteiger charge is 2.57. The fourth-order valence-corrected chi connectivity index (χ4v) is 21.2. The average molecular weight is 873 g/mol. The summed E-state index contributed by atoms with van der Waals surface area (Å²) in [5.74, 6) is 1.82. The lowest BCUT2D eigenvalue weighted by molar-refractivity contribution is -0.00433. The van der Waals surface area contributed by atoms with E-state index >= 15 is 0 Å². The Bertz CT molecular complexity index is 1920. The van der Waals surface area contributed by atoms with Crippen molar-refractivity contribution in [3.8, 4) is 0 Å². The Hall–Kier alpha value is -3.07. The summed E-state index contributed by atoms with van der Waals surface area (Å²) in [6, 6.07) is 43.9. The first-order valence-corrected chi connectivity index (χ1v) is 27.6. The Balaban J connectivity index is 0.000000234. The van der Waals surface area contributed by atoms with Gasteiger partial charge in [-0.05, 0) is 102 Å². The van der Waals surface area contributed by atoms with Crippen LogP contribution in [0.25, 0.3) is 0 Å². The Morgan fingerprint density at radius 1 is 0.565 bits per heavy atom. The number of benzene rings is 4. The van der Waals surface area contributed by atoms with Gasteiger partial charge in [-0.1, -0.05) is 224 Å². The van der Waals surface area contributed by atoms with E-state index in [1.165, 1.54) is 33.6 Å². The molecule has 338 valence electrons. The lowest BCUT2D eigenvalue weighted by Crippen LogP contribution is -2.67. The Morgan fingerprint density at radius 2 is 0.855 bits per heavy atom. The molecule has 0 saturated heterocycles. The van der Waals surface area contributed by atoms with E-state index in [-0.39, 0.29) is 38.3 Å². The van der Waals surface area contributed by atoms with Crippen LogP contribution in [-0.2, 0) is 8.85 Å². The van der Waals surface area contributed by atoms with E-state index < -0.39 is 16.6 Å². The molecule has 2 saturated carbocycles. The van der Waals surface area contributed by atoms with Gasteiger partial charge in [-0.25, -0.2) is 0 Å². The number of aliphatic hydroxyl groups is 1. The van der Waals surface area contributed by atoms with Crippen molar-refractivity contribution in [2.45, 2.75) is 133 Å². The Labute approximate surface area is 381 Å². The van der Waals surface area contributed by atoms with Crippen LogP contribution in [0.1, 0.15) is 123 Å². The highest BCUT2D eigenvalue weighted by Crippen LogP contribution is 2.61. The first-order chi connectivity index (χ1) is 29.0. The van der Waals surface area contributed by atoms with Gasteiger partial charge >= 0.3 is 0 Å². The average Bonchev–Trinajstić information content (AvgIpc) is 3.63. The Morgan fingerprint density at radius 3 is 1.13 bits per heavy atom. The summed E-state index contributed by atoms with van der Waals surface area (Å²) in [5, 5.41) is 15.4. The van der Waals surface area contributed by atoms with Crippen LogP contribution >= 0.6 is 0 Å². The van der Waals surface area contributed by atoms with Crippen molar-refractivity contribution in [2.75, 3.05) is 19.8 Å². The summed E-state index contributed by atoms with van der Waals surface area (Å²) in [5.41, 5.74) is 0.696. The monoisotopic (exact) mass is 873 g/mol. The molecular formula is C57H84O3Si2. The molecule has 62 heavy (non-hydrogen) atoms. The minimum atomic E-state index is -2.51. The molecule has 3 nitrogen and oxygen atoms in total. The van der Waals surface area contributed by atoms with Crippen LogP contribution in [0, 0.1) is 45.3 Å². The highest BCUT2D eigenvalue weighted by molar-refractivity contribution is 7.00. The maximum absolute atomic E-state index is 9.92. The lowest BCUT2D eigenvalue weighted by Gasteiger charge is -2.47. The van der Waals surface area contributed by atoms with Crippen LogP contribution in [-0.4, -0.2) is 41.6 Å². The number of rotatable bonds is 14. The van der Waals surface area contributed by atoms with Gasteiger partial charge in [0.2, 0.25) is 0 Å². The molecule has 4 aromatic carbocycles. The third kappa shape index (κ3) is 8.97. The number of allylic oxidation sites excluding steroid dienone is 1. The van der Waals surface area contributed by atoms with Crippen molar-refractivity contribution in [1.29, 1.82) is 0 Å². The molecule has 1 N–H and O–H groups in total. The van der Waals surface area contributed by atoms with E-state index in [1.54, 1.807) is 0 Å². The van der Waals surface area contributed by atoms with Gasteiger partial charge in [-0.3, -0.25) is 0 Å². The smallest absolute Gasteiger partial charge is 0.261 e. The summed E-state index contributed by atoms with van der Waals surface area (Å²) in [6.07, 6.45) is 6.91. The molecular weight excluding hydrogens is 789 g/mol. The van der Waals surface area contributed by atoms with Crippen LogP contribution in [0.3, 0.4) is 0 Å². The van der Waals surface area contributed by atoms with Gasteiger partial charge < -0.3 is 14.0 Å². The zero-order valence-electron chi connectivity index (χ0n) is 41.4. The third-order valence-electron chi connectivity index (χ3n) is 17.6. The minimum Gasteiger partial charge on any atom is -0.407 e. The molecule has 6 atom stereocenters. The second-order valence-corrected chi connectivity index (χ2v) is 31.4. The predicted octanol–water partition coefficient (Wildman–Crippen LogP) is 12.5. The van der Waals surface area contributed by atoms with Crippen molar-refractivity contribution >= 4 is 37.4 Å². The van der Waals surface area contributed by atoms with Crippen LogP contribution < -0.4 is 20.7 Å².